The van der Waals surface area contributed by atoms with E-state index < -0.39 is 5.60 Å². The molecule has 15 heavy (non-hydrogen) atoms. The first-order valence-corrected chi connectivity index (χ1v) is 5.85. The van der Waals surface area contributed by atoms with Gasteiger partial charge in [-0.05, 0) is 32.1 Å². The van der Waals surface area contributed by atoms with Crippen LogP contribution in [-0.4, -0.2) is 42.7 Å². The van der Waals surface area contributed by atoms with Crippen molar-refractivity contribution < 1.29 is 14.6 Å². The molecule has 2 fully saturated rings. The lowest BCUT2D eigenvalue weighted by atomic mass is 9.83. The fourth-order valence-corrected chi connectivity index (χ4v) is 2.24. The average Bonchev–Trinajstić information content (AvgIpc) is 2.73. The fraction of sp³-hybridized carbons (Fsp3) is 1.00. The number of hydrogen-bond acceptors (Lipinski definition) is 4. The minimum Gasteiger partial charge on any atom is -0.387 e. The minimum atomic E-state index is -0.640. The summed E-state index contributed by atoms with van der Waals surface area (Å²) in [5.41, 5.74) is 5.16. The maximum Gasteiger partial charge on any atom is 0.0881 e. The van der Waals surface area contributed by atoms with E-state index in [9.17, 15) is 5.11 Å². The third kappa shape index (κ3) is 3.14. The third-order valence-electron chi connectivity index (χ3n) is 3.44. The Hall–Kier alpha value is -0.160. The lowest BCUT2D eigenvalue weighted by molar-refractivity contribution is -0.0923. The first-order chi connectivity index (χ1) is 7.18. The molecule has 0 radical (unpaired) electrons. The van der Waals surface area contributed by atoms with Crippen molar-refractivity contribution in [3.05, 3.63) is 0 Å². The van der Waals surface area contributed by atoms with Crippen LogP contribution in [0.1, 0.15) is 32.1 Å². The summed E-state index contributed by atoms with van der Waals surface area (Å²) in [5, 5.41) is 10.2. The van der Waals surface area contributed by atoms with Crippen LogP contribution in [0.25, 0.3) is 0 Å². The predicted molar refractivity (Wildman–Crippen MR) is 56.6 cm³/mol. The molecule has 0 aromatic rings. The molecule has 1 aliphatic heterocycles. The van der Waals surface area contributed by atoms with Gasteiger partial charge in [0.05, 0.1) is 24.9 Å². The second kappa shape index (κ2) is 4.78. The van der Waals surface area contributed by atoms with E-state index >= 15 is 0 Å². The van der Waals surface area contributed by atoms with Gasteiger partial charge in [0.15, 0.2) is 0 Å². The summed E-state index contributed by atoms with van der Waals surface area (Å²) < 4.78 is 10.9. The summed E-state index contributed by atoms with van der Waals surface area (Å²) in [7, 11) is 0. The van der Waals surface area contributed by atoms with E-state index in [0.29, 0.717) is 13.2 Å². The van der Waals surface area contributed by atoms with Crippen molar-refractivity contribution in [1.82, 2.24) is 0 Å². The molecular formula is C11H21NO3. The van der Waals surface area contributed by atoms with Crippen LogP contribution in [0.15, 0.2) is 0 Å². The van der Waals surface area contributed by atoms with Gasteiger partial charge in [-0.15, -0.1) is 0 Å². The van der Waals surface area contributed by atoms with Crippen LogP contribution in [0, 0.1) is 0 Å². The molecule has 1 aliphatic carbocycles. The summed E-state index contributed by atoms with van der Waals surface area (Å²) in [5.74, 6) is 0. The predicted octanol–water partition coefficient (Wildman–Crippen LogP) is 0.424. The van der Waals surface area contributed by atoms with Gasteiger partial charge in [0.25, 0.3) is 0 Å². The number of nitrogens with two attached hydrogens (primary N) is 1. The maximum atomic E-state index is 10.2. The van der Waals surface area contributed by atoms with Crippen LogP contribution in [0.2, 0.25) is 0 Å². The zero-order chi connectivity index (χ0) is 10.7. The Morgan fingerprint density at radius 2 is 2.07 bits per heavy atom. The molecule has 0 amide bonds. The molecule has 1 heterocycles. The van der Waals surface area contributed by atoms with E-state index in [0.717, 1.165) is 38.7 Å². The van der Waals surface area contributed by atoms with Gasteiger partial charge in [-0.2, -0.15) is 0 Å². The van der Waals surface area contributed by atoms with Crippen LogP contribution in [0.3, 0.4) is 0 Å². The second-order valence-electron chi connectivity index (χ2n) is 4.86. The first kappa shape index (κ1) is 11.3. The quantitative estimate of drug-likeness (QED) is 0.716. The van der Waals surface area contributed by atoms with Crippen molar-refractivity contribution in [2.45, 2.75) is 49.9 Å². The highest BCUT2D eigenvalue weighted by atomic mass is 16.5. The molecule has 0 spiro atoms. The summed E-state index contributed by atoms with van der Waals surface area (Å²) in [4.78, 5) is 0. The summed E-state index contributed by atoms with van der Waals surface area (Å²) in [6, 6.07) is 0.264. The summed E-state index contributed by atoms with van der Waals surface area (Å²) >= 11 is 0. The molecule has 1 atom stereocenters. The van der Waals surface area contributed by atoms with Crippen molar-refractivity contribution in [2.75, 3.05) is 19.8 Å². The normalized spacial score (nSPS) is 42.0. The van der Waals surface area contributed by atoms with Crippen LogP contribution >= 0.6 is 0 Å². The molecular weight excluding hydrogens is 194 g/mol. The van der Waals surface area contributed by atoms with Gasteiger partial charge in [-0.3, -0.25) is 0 Å². The maximum absolute atomic E-state index is 10.2. The molecule has 2 aliphatic rings. The van der Waals surface area contributed by atoms with Crippen LogP contribution in [-0.2, 0) is 9.47 Å². The van der Waals surface area contributed by atoms with Gasteiger partial charge in [-0.1, -0.05) is 0 Å². The first-order valence-electron chi connectivity index (χ1n) is 5.85. The minimum absolute atomic E-state index is 0.185. The van der Waals surface area contributed by atoms with Gasteiger partial charge in [0.2, 0.25) is 0 Å². The summed E-state index contributed by atoms with van der Waals surface area (Å²) in [6.45, 7) is 1.90. The van der Waals surface area contributed by atoms with Gasteiger partial charge >= 0.3 is 0 Å². The molecule has 4 nitrogen and oxygen atoms in total. The Kier molecular flexibility index (Phi) is 3.61. The molecule has 2 rings (SSSR count). The van der Waals surface area contributed by atoms with Crippen LogP contribution in [0.5, 0.6) is 0 Å². The Labute approximate surface area is 90.7 Å². The smallest absolute Gasteiger partial charge is 0.0881 e. The molecule has 1 saturated heterocycles. The third-order valence-corrected chi connectivity index (χ3v) is 3.44. The van der Waals surface area contributed by atoms with Crippen LogP contribution < -0.4 is 5.73 Å². The van der Waals surface area contributed by atoms with Crippen molar-refractivity contribution >= 4 is 0 Å². The van der Waals surface area contributed by atoms with E-state index in [-0.39, 0.29) is 12.1 Å². The van der Waals surface area contributed by atoms with E-state index in [4.69, 9.17) is 15.2 Å². The van der Waals surface area contributed by atoms with Crippen molar-refractivity contribution in [2.24, 2.45) is 5.73 Å². The van der Waals surface area contributed by atoms with Crippen LogP contribution in [0.4, 0.5) is 0 Å². The zero-order valence-corrected chi connectivity index (χ0v) is 9.15. The largest absolute Gasteiger partial charge is 0.387 e. The van der Waals surface area contributed by atoms with Crippen molar-refractivity contribution in [3.63, 3.8) is 0 Å². The van der Waals surface area contributed by atoms with E-state index in [1.807, 2.05) is 0 Å². The molecule has 0 aromatic carbocycles. The van der Waals surface area contributed by atoms with E-state index in [1.165, 1.54) is 0 Å². The number of ether oxygens (including phenoxy) is 2. The number of aliphatic hydroxyl groups is 1. The average molecular weight is 215 g/mol. The molecule has 0 aromatic heterocycles. The molecule has 1 saturated carbocycles. The number of rotatable bonds is 3. The monoisotopic (exact) mass is 215 g/mol. The van der Waals surface area contributed by atoms with Crippen molar-refractivity contribution in [3.8, 4) is 0 Å². The molecule has 0 unspecified atom stereocenters. The highest BCUT2D eigenvalue weighted by molar-refractivity contribution is 4.87. The Bertz CT molecular complexity index is 196. The van der Waals surface area contributed by atoms with Gasteiger partial charge in [0.1, 0.15) is 0 Å². The zero-order valence-electron chi connectivity index (χ0n) is 9.15. The van der Waals surface area contributed by atoms with E-state index in [1.54, 1.807) is 0 Å². The topological polar surface area (TPSA) is 64.7 Å². The lowest BCUT2D eigenvalue weighted by Gasteiger charge is -2.35. The SMILES string of the molecule is NC1CCC(O)(CO[C@H]2CCOC2)CC1. The standard InChI is InChI=1S/C11H21NO3/c12-9-1-4-11(13,5-2-9)8-15-10-3-6-14-7-10/h9-10,13H,1-8,12H2/t9?,10-,11?/m0/s1. The van der Waals surface area contributed by atoms with Gasteiger partial charge in [-0.25, -0.2) is 0 Å². The lowest BCUT2D eigenvalue weighted by Crippen LogP contribution is -2.43. The highest BCUT2D eigenvalue weighted by Gasteiger charge is 2.33. The second-order valence-corrected chi connectivity index (χ2v) is 4.86. The molecule has 88 valence electrons. The van der Waals surface area contributed by atoms with E-state index in [2.05, 4.69) is 0 Å². The van der Waals surface area contributed by atoms with Crippen molar-refractivity contribution in [1.29, 1.82) is 0 Å². The molecule has 4 heteroatoms. The number of hydrogen-bond donors (Lipinski definition) is 2. The molecule has 0 bridgehead atoms. The highest BCUT2D eigenvalue weighted by Crippen LogP contribution is 2.28. The Morgan fingerprint density at radius 3 is 2.67 bits per heavy atom. The Morgan fingerprint density at radius 1 is 1.33 bits per heavy atom. The van der Waals surface area contributed by atoms with Gasteiger partial charge in [0, 0.05) is 12.6 Å². The van der Waals surface area contributed by atoms with Gasteiger partial charge < -0.3 is 20.3 Å². The fourth-order valence-electron chi connectivity index (χ4n) is 2.24. The summed E-state index contributed by atoms with van der Waals surface area (Å²) in [6.07, 6.45) is 4.48. The molecule has 3 N–H and O–H groups in total. The Balaban J connectivity index is 1.72.